The van der Waals surface area contributed by atoms with E-state index < -0.39 is 0 Å². The zero-order chi connectivity index (χ0) is 41.0. The number of rotatable bonds is 27. The molecule has 1 aromatic heterocycles. The van der Waals surface area contributed by atoms with E-state index in [-0.39, 0.29) is 34.7 Å². The van der Waals surface area contributed by atoms with Gasteiger partial charge in [0.05, 0.1) is 36.5 Å². The molecule has 0 aliphatic heterocycles. The van der Waals surface area contributed by atoms with Crippen molar-refractivity contribution in [2.24, 2.45) is 0 Å². The number of unbranched alkanes of at least 4 members (excludes halogenated alkanes) is 15. The molecular formula is C48H69N3O6. The Morgan fingerprint density at radius 1 is 0.368 bits per heavy atom. The first-order valence-electron chi connectivity index (χ1n) is 21.8. The second-order valence-corrected chi connectivity index (χ2v) is 15.4. The lowest BCUT2D eigenvalue weighted by Crippen LogP contribution is -2.04. The summed E-state index contributed by atoms with van der Waals surface area (Å²) in [6.07, 6.45) is 20.9. The molecule has 1 heterocycles. The van der Waals surface area contributed by atoms with Gasteiger partial charge >= 0.3 is 0 Å². The Labute approximate surface area is 342 Å². The van der Waals surface area contributed by atoms with Gasteiger partial charge in [-0.05, 0) is 76.4 Å². The van der Waals surface area contributed by atoms with Crippen LogP contribution in [0, 0.1) is 20.8 Å². The molecule has 312 valence electrons. The van der Waals surface area contributed by atoms with Crippen molar-refractivity contribution in [3.8, 4) is 68.7 Å². The van der Waals surface area contributed by atoms with Crippen molar-refractivity contribution in [1.29, 1.82) is 0 Å². The summed E-state index contributed by atoms with van der Waals surface area (Å²) >= 11 is 0. The number of aromatic nitrogens is 3. The summed E-state index contributed by atoms with van der Waals surface area (Å²) in [6, 6.07) is 10.7. The number of phenolic OH excluding ortho intramolecular Hbond substituents is 3. The molecule has 0 bridgehead atoms. The first kappa shape index (κ1) is 45.2. The predicted octanol–water partition coefficient (Wildman–Crippen LogP) is 13.1. The van der Waals surface area contributed by atoms with Crippen molar-refractivity contribution in [2.45, 2.75) is 157 Å². The van der Waals surface area contributed by atoms with E-state index in [1.807, 2.05) is 39.0 Å². The zero-order valence-electron chi connectivity index (χ0n) is 35.7. The van der Waals surface area contributed by atoms with E-state index in [1.54, 1.807) is 18.2 Å². The highest BCUT2D eigenvalue weighted by Gasteiger charge is 2.22. The maximum atomic E-state index is 11.5. The van der Waals surface area contributed by atoms with Gasteiger partial charge in [0.15, 0.2) is 17.5 Å². The average Bonchev–Trinajstić information content (AvgIpc) is 3.21. The summed E-state index contributed by atoms with van der Waals surface area (Å²) in [5, 5.41) is 34.6. The van der Waals surface area contributed by atoms with Crippen molar-refractivity contribution in [3.05, 3.63) is 53.1 Å². The maximum absolute atomic E-state index is 11.5. The molecule has 0 saturated carbocycles. The highest BCUT2D eigenvalue weighted by molar-refractivity contribution is 5.77. The first-order chi connectivity index (χ1) is 27.7. The highest BCUT2D eigenvalue weighted by atomic mass is 16.5. The van der Waals surface area contributed by atoms with Crippen LogP contribution in [-0.4, -0.2) is 50.1 Å². The molecule has 0 unspecified atom stereocenters. The van der Waals surface area contributed by atoms with Crippen LogP contribution >= 0.6 is 0 Å². The van der Waals surface area contributed by atoms with Crippen molar-refractivity contribution < 1.29 is 29.5 Å². The summed E-state index contributed by atoms with van der Waals surface area (Å²) in [5.41, 5.74) is 2.90. The smallest absolute Gasteiger partial charge is 0.167 e. The molecular weight excluding hydrogens is 715 g/mol. The number of ether oxygens (including phenoxy) is 3. The van der Waals surface area contributed by atoms with Gasteiger partial charge in [-0.1, -0.05) is 117 Å². The maximum Gasteiger partial charge on any atom is 0.167 e. The third-order valence-electron chi connectivity index (χ3n) is 10.8. The number of nitrogens with zero attached hydrogens (tertiary/aromatic N) is 3. The number of phenols is 3. The number of aromatic hydroxyl groups is 3. The molecule has 3 N–H and O–H groups in total. The van der Waals surface area contributed by atoms with Gasteiger partial charge in [-0.25, -0.2) is 15.0 Å². The highest BCUT2D eigenvalue weighted by Crippen LogP contribution is 2.42. The van der Waals surface area contributed by atoms with Gasteiger partial charge in [0.25, 0.3) is 0 Å². The normalized spacial score (nSPS) is 11.3. The van der Waals surface area contributed by atoms with Gasteiger partial charge in [0, 0.05) is 16.7 Å². The quantitative estimate of drug-likeness (QED) is 0.0506. The van der Waals surface area contributed by atoms with E-state index in [0.29, 0.717) is 70.4 Å². The molecule has 9 nitrogen and oxygen atoms in total. The lowest BCUT2D eigenvalue weighted by molar-refractivity contribution is 0.300. The fourth-order valence-electron chi connectivity index (χ4n) is 6.99. The SMILES string of the molecule is CCCCCCCCOc1ccc(-c2nc(-c3ccc(OCCCCCCCC)c(C)c3O)nc(-c3ccc(OCCCCCCCC)c(C)c3O)n2)c(O)c1C. The van der Waals surface area contributed by atoms with Crippen molar-refractivity contribution in [1.82, 2.24) is 15.0 Å². The van der Waals surface area contributed by atoms with Gasteiger partial charge in [-0.3, -0.25) is 0 Å². The van der Waals surface area contributed by atoms with Crippen LogP contribution in [-0.2, 0) is 0 Å². The van der Waals surface area contributed by atoms with E-state index in [0.717, 1.165) is 38.5 Å². The van der Waals surface area contributed by atoms with Crippen LogP contribution in [0.1, 0.15) is 153 Å². The van der Waals surface area contributed by atoms with E-state index in [2.05, 4.69) is 20.8 Å². The summed E-state index contributed by atoms with van der Waals surface area (Å²) in [7, 11) is 0. The lowest BCUT2D eigenvalue weighted by atomic mass is 10.0. The van der Waals surface area contributed by atoms with Gasteiger partial charge in [0.1, 0.15) is 34.5 Å². The molecule has 0 amide bonds. The molecule has 0 saturated heterocycles. The Hall–Kier alpha value is -4.53. The van der Waals surface area contributed by atoms with Gasteiger partial charge in [-0.15, -0.1) is 0 Å². The molecule has 57 heavy (non-hydrogen) atoms. The van der Waals surface area contributed by atoms with E-state index in [1.165, 1.54) is 77.0 Å². The van der Waals surface area contributed by atoms with Crippen LogP contribution in [0.15, 0.2) is 36.4 Å². The second kappa shape index (κ2) is 24.3. The first-order valence-corrected chi connectivity index (χ1v) is 21.8. The summed E-state index contributed by atoms with van der Waals surface area (Å²) in [6.45, 7) is 13.8. The minimum absolute atomic E-state index is 0.00349. The second-order valence-electron chi connectivity index (χ2n) is 15.4. The Bertz CT molecular complexity index is 1610. The van der Waals surface area contributed by atoms with Gasteiger partial charge in [0.2, 0.25) is 0 Å². The third kappa shape index (κ3) is 13.3. The predicted molar refractivity (Wildman–Crippen MR) is 232 cm³/mol. The van der Waals surface area contributed by atoms with Crippen LogP contribution in [0.3, 0.4) is 0 Å². The standard InChI is InChI=1S/C48H69N3O6/c1-7-10-13-16-19-22-31-55-40-28-25-37(43(52)34(40)4)46-49-47(38-26-29-41(35(5)44(38)53)56-32-23-20-17-14-11-8-2)51-48(50-46)39-27-30-42(36(6)45(39)54)57-33-24-21-18-15-12-9-3/h25-30,52-54H,7-24,31-33H2,1-6H3. The van der Waals surface area contributed by atoms with Crippen LogP contribution in [0.5, 0.6) is 34.5 Å². The largest absolute Gasteiger partial charge is 0.507 e. The number of benzene rings is 3. The Balaban J connectivity index is 1.64. The molecule has 0 aliphatic carbocycles. The third-order valence-corrected chi connectivity index (χ3v) is 10.8. The Kier molecular flexibility index (Phi) is 19.2. The van der Waals surface area contributed by atoms with Crippen LogP contribution in [0.2, 0.25) is 0 Å². The van der Waals surface area contributed by atoms with Gasteiger partial charge in [-0.2, -0.15) is 0 Å². The average molecular weight is 784 g/mol. The molecule has 0 atom stereocenters. The summed E-state index contributed by atoms with van der Waals surface area (Å²) in [5.74, 6) is 2.39. The minimum atomic E-state index is -0.00349. The molecule has 9 heteroatoms. The zero-order valence-corrected chi connectivity index (χ0v) is 35.7. The number of hydrogen-bond donors (Lipinski definition) is 3. The fourth-order valence-corrected chi connectivity index (χ4v) is 6.99. The molecule has 4 aromatic rings. The molecule has 3 aromatic carbocycles. The Morgan fingerprint density at radius 2 is 0.614 bits per heavy atom. The van der Waals surface area contributed by atoms with Crippen LogP contribution in [0.25, 0.3) is 34.2 Å². The summed E-state index contributed by atoms with van der Waals surface area (Å²) in [4.78, 5) is 14.4. The number of hydrogen-bond acceptors (Lipinski definition) is 9. The van der Waals surface area contributed by atoms with Crippen molar-refractivity contribution in [2.75, 3.05) is 19.8 Å². The van der Waals surface area contributed by atoms with E-state index in [9.17, 15) is 15.3 Å². The van der Waals surface area contributed by atoms with Gasteiger partial charge < -0.3 is 29.5 Å². The van der Waals surface area contributed by atoms with Crippen LogP contribution in [0.4, 0.5) is 0 Å². The van der Waals surface area contributed by atoms with Crippen molar-refractivity contribution in [3.63, 3.8) is 0 Å². The summed E-state index contributed by atoms with van der Waals surface area (Å²) < 4.78 is 18.3. The Morgan fingerprint density at radius 3 is 0.877 bits per heavy atom. The van der Waals surface area contributed by atoms with Crippen molar-refractivity contribution >= 4 is 0 Å². The lowest BCUT2D eigenvalue weighted by Gasteiger charge is -2.16. The monoisotopic (exact) mass is 784 g/mol. The molecule has 0 aliphatic rings. The van der Waals surface area contributed by atoms with Crippen LogP contribution < -0.4 is 14.2 Å². The topological polar surface area (TPSA) is 127 Å². The molecule has 0 spiro atoms. The minimum Gasteiger partial charge on any atom is -0.507 e. The molecule has 0 radical (unpaired) electrons. The molecule has 4 rings (SSSR count). The fraction of sp³-hybridized carbons (Fsp3) is 0.562. The van der Waals surface area contributed by atoms with E-state index in [4.69, 9.17) is 29.2 Å². The van der Waals surface area contributed by atoms with E-state index >= 15 is 0 Å². The molecule has 0 fully saturated rings.